The van der Waals surface area contributed by atoms with E-state index < -0.39 is 5.97 Å². The first-order valence-corrected chi connectivity index (χ1v) is 8.27. The van der Waals surface area contributed by atoms with Crippen molar-refractivity contribution >= 4 is 17.8 Å². The fourth-order valence-corrected chi connectivity index (χ4v) is 4.20. The van der Waals surface area contributed by atoms with Gasteiger partial charge in [-0.15, -0.1) is 0 Å². The van der Waals surface area contributed by atoms with E-state index in [1.807, 2.05) is 4.90 Å². The Balaban J connectivity index is 1.55. The summed E-state index contributed by atoms with van der Waals surface area (Å²) in [6, 6.07) is 0. The summed E-state index contributed by atoms with van der Waals surface area (Å²) in [5.41, 5.74) is 0.0457. The van der Waals surface area contributed by atoms with E-state index in [-0.39, 0.29) is 29.1 Å². The predicted octanol–water partition coefficient (Wildman–Crippen LogP) is 1.01. The summed E-state index contributed by atoms with van der Waals surface area (Å²) < 4.78 is 0. The first kappa shape index (κ1) is 15.3. The Morgan fingerprint density at radius 1 is 1.18 bits per heavy atom. The molecule has 6 heteroatoms. The van der Waals surface area contributed by atoms with Crippen LogP contribution in [-0.2, 0) is 14.4 Å². The first-order chi connectivity index (χ1) is 10.5. The molecule has 0 aromatic heterocycles. The zero-order valence-corrected chi connectivity index (χ0v) is 12.8. The van der Waals surface area contributed by atoms with Crippen molar-refractivity contribution in [2.75, 3.05) is 19.6 Å². The maximum atomic E-state index is 12.6. The van der Waals surface area contributed by atoms with Crippen molar-refractivity contribution in [1.29, 1.82) is 0 Å². The minimum Gasteiger partial charge on any atom is -0.481 e. The third-order valence-electron chi connectivity index (χ3n) is 5.70. The lowest BCUT2D eigenvalue weighted by Crippen LogP contribution is -2.47. The number of carboxylic acid groups (broad SMARTS) is 1. The average molecular weight is 308 g/mol. The van der Waals surface area contributed by atoms with E-state index in [1.54, 1.807) is 0 Å². The van der Waals surface area contributed by atoms with E-state index in [4.69, 9.17) is 5.11 Å². The highest BCUT2D eigenvalue weighted by atomic mass is 16.4. The summed E-state index contributed by atoms with van der Waals surface area (Å²) in [5.74, 6) is -1.03. The molecule has 1 aliphatic carbocycles. The monoisotopic (exact) mass is 308 g/mol. The molecule has 0 radical (unpaired) electrons. The highest BCUT2D eigenvalue weighted by molar-refractivity contribution is 5.81. The summed E-state index contributed by atoms with van der Waals surface area (Å²) in [7, 11) is 0. The molecule has 2 saturated heterocycles. The standard InChI is InChI=1S/C16H24N2O4/c19-13-9-16(10-17-13)4-6-18(7-5-16)14(20)11-2-1-3-12(8-11)15(21)22/h11-12H,1-10H2,(H,17,19)(H,21,22). The second-order valence-electron chi connectivity index (χ2n) is 7.18. The molecule has 0 aromatic rings. The molecule has 2 atom stereocenters. The number of likely N-dealkylation sites (tertiary alicyclic amines) is 1. The van der Waals surface area contributed by atoms with Crippen molar-refractivity contribution in [2.45, 2.75) is 44.9 Å². The van der Waals surface area contributed by atoms with Gasteiger partial charge < -0.3 is 15.3 Å². The van der Waals surface area contributed by atoms with Crippen molar-refractivity contribution in [2.24, 2.45) is 17.3 Å². The molecule has 0 bridgehead atoms. The van der Waals surface area contributed by atoms with Crippen LogP contribution in [0.4, 0.5) is 0 Å². The lowest BCUT2D eigenvalue weighted by Gasteiger charge is -2.40. The van der Waals surface area contributed by atoms with Gasteiger partial charge in [0.2, 0.25) is 11.8 Å². The van der Waals surface area contributed by atoms with Crippen molar-refractivity contribution in [3.8, 4) is 0 Å². The number of hydrogen-bond donors (Lipinski definition) is 2. The van der Waals surface area contributed by atoms with Crippen molar-refractivity contribution in [3.63, 3.8) is 0 Å². The number of aliphatic carboxylic acids is 1. The highest BCUT2D eigenvalue weighted by Crippen LogP contribution is 2.38. The number of nitrogens with one attached hydrogen (secondary N) is 1. The van der Waals surface area contributed by atoms with Crippen LogP contribution >= 0.6 is 0 Å². The second kappa shape index (κ2) is 5.89. The fraction of sp³-hybridized carbons (Fsp3) is 0.812. The fourth-order valence-electron chi connectivity index (χ4n) is 4.20. The van der Waals surface area contributed by atoms with Gasteiger partial charge in [-0.25, -0.2) is 0 Å². The summed E-state index contributed by atoms with van der Waals surface area (Å²) in [6.45, 7) is 2.13. The molecule has 0 aromatic carbocycles. The summed E-state index contributed by atoms with van der Waals surface area (Å²) in [6.07, 6.45) is 5.12. The topological polar surface area (TPSA) is 86.7 Å². The maximum Gasteiger partial charge on any atom is 0.306 e. The van der Waals surface area contributed by atoms with Gasteiger partial charge >= 0.3 is 5.97 Å². The molecule has 22 heavy (non-hydrogen) atoms. The molecule has 3 fully saturated rings. The highest BCUT2D eigenvalue weighted by Gasteiger charge is 2.43. The Morgan fingerprint density at radius 2 is 1.86 bits per heavy atom. The van der Waals surface area contributed by atoms with Crippen molar-refractivity contribution in [1.82, 2.24) is 10.2 Å². The third-order valence-corrected chi connectivity index (χ3v) is 5.70. The number of piperidine rings is 1. The van der Waals surface area contributed by atoms with Gasteiger partial charge in [0.15, 0.2) is 0 Å². The Hall–Kier alpha value is -1.59. The number of rotatable bonds is 2. The number of carbonyl (C=O) groups excluding carboxylic acids is 2. The lowest BCUT2D eigenvalue weighted by atomic mass is 9.76. The molecule has 2 heterocycles. The van der Waals surface area contributed by atoms with Crippen molar-refractivity contribution < 1.29 is 19.5 Å². The summed E-state index contributed by atoms with van der Waals surface area (Å²) in [4.78, 5) is 37.1. The molecule has 2 aliphatic heterocycles. The number of hydrogen-bond acceptors (Lipinski definition) is 3. The molecule has 6 nitrogen and oxygen atoms in total. The number of amides is 2. The van der Waals surface area contributed by atoms with Crippen LogP contribution in [0.3, 0.4) is 0 Å². The molecule has 3 rings (SSSR count). The van der Waals surface area contributed by atoms with Crippen LogP contribution in [0.5, 0.6) is 0 Å². The first-order valence-electron chi connectivity index (χ1n) is 8.27. The lowest BCUT2D eigenvalue weighted by molar-refractivity contribution is -0.146. The molecular formula is C16H24N2O4. The smallest absolute Gasteiger partial charge is 0.306 e. The Bertz CT molecular complexity index is 483. The van der Waals surface area contributed by atoms with Gasteiger partial charge in [0.25, 0.3) is 0 Å². The van der Waals surface area contributed by atoms with Crippen LogP contribution in [0.1, 0.15) is 44.9 Å². The Labute approximate surface area is 130 Å². The number of nitrogens with zero attached hydrogens (tertiary/aromatic N) is 1. The minimum atomic E-state index is -0.773. The van der Waals surface area contributed by atoms with Crippen LogP contribution in [0.25, 0.3) is 0 Å². The summed E-state index contributed by atoms with van der Waals surface area (Å²) in [5, 5.41) is 12.0. The van der Waals surface area contributed by atoms with Gasteiger partial charge in [-0.2, -0.15) is 0 Å². The molecular weight excluding hydrogens is 284 g/mol. The number of carboxylic acids is 1. The number of carbonyl (C=O) groups is 3. The van der Waals surface area contributed by atoms with E-state index in [2.05, 4.69) is 5.32 Å². The average Bonchev–Trinajstić information content (AvgIpc) is 2.88. The van der Waals surface area contributed by atoms with Gasteiger partial charge in [-0.1, -0.05) is 6.42 Å². The van der Waals surface area contributed by atoms with Crippen LogP contribution in [0.2, 0.25) is 0 Å². The Kier molecular flexibility index (Phi) is 4.10. The van der Waals surface area contributed by atoms with Gasteiger partial charge in [0.05, 0.1) is 5.92 Å². The van der Waals surface area contributed by atoms with Gasteiger partial charge in [-0.05, 0) is 37.5 Å². The molecule has 122 valence electrons. The normalized spacial score (nSPS) is 31.1. The zero-order valence-electron chi connectivity index (χ0n) is 12.8. The van der Waals surface area contributed by atoms with E-state index in [0.29, 0.717) is 32.4 Å². The molecule has 2 N–H and O–H groups in total. The third kappa shape index (κ3) is 2.96. The Morgan fingerprint density at radius 3 is 2.45 bits per heavy atom. The van der Waals surface area contributed by atoms with Crippen LogP contribution in [-0.4, -0.2) is 47.4 Å². The molecule has 2 unspecified atom stereocenters. The van der Waals surface area contributed by atoms with Crippen LogP contribution in [0.15, 0.2) is 0 Å². The minimum absolute atomic E-state index is 0.0457. The van der Waals surface area contributed by atoms with Crippen LogP contribution < -0.4 is 5.32 Å². The van der Waals surface area contributed by atoms with E-state index in [0.717, 1.165) is 32.2 Å². The molecule has 1 saturated carbocycles. The maximum absolute atomic E-state index is 12.6. The summed E-state index contributed by atoms with van der Waals surface area (Å²) >= 11 is 0. The molecule has 3 aliphatic rings. The largest absolute Gasteiger partial charge is 0.481 e. The predicted molar refractivity (Wildman–Crippen MR) is 79.0 cm³/mol. The quantitative estimate of drug-likeness (QED) is 0.797. The van der Waals surface area contributed by atoms with Crippen molar-refractivity contribution in [3.05, 3.63) is 0 Å². The SMILES string of the molecule is O=C1CC2(CCN(C(=O)C3CCCC(C(=O)O)C3)CC2)CN1. The van der Waals surface area contributed by atoms with E-state index in [1.165, 1.54) is 0 Å². The second-order valence-corrected chi connectivity index (χ2v) is 7.18. The molecule has 1 spiro atoms. The van der Waals surface area contributed by atoms with E-state index in [9.17, 15) is 14.4 Å². The van der Waals surface area contributed by atoms with Gasteiger partial charge in [-0.3, -0.25) is 14.4 Å². The molecule has 2 amide bonds. The zero-order chi connectivity index (χ0) is 15.7. The van der Waals surface area contributed by atoms with Crippen LogP contribution in [0, 0.1) is 17.3 Å². The van der Waals surface area contributed by atoms with Gasteiger partial charge in [0, 0.05) is 32.0 Å². The van der Waals surface area contributed by atoms with E-state index >= 15 is 0 Å². The van der Waals surface area contributed by atoms with Gasteiger partial charge in [0.1, 0.15) is 0 Å².